The second-order valence-corrected chi connectivity index (χ2v) is 12.0. The van der Waals surface area contributed by atoms with Crippen LogP contribution in [0.15, 0.2) is 94.5 Å². The zero-order valence-corrected chi connectivity index (χ0v) is 24.5. The van der Waals surface area contributed by atoms with Gasteiger partial charge < -0.3 is 9.47 Å². The summed E-state index contributed by atoms with van der Waals surface area (Å²) in [6, 6.07) is 27.6. The van der Waals surface area contributed by atoms with Crippen molar-refractivity contribution in [1.82, 2.24) is 18.8 Å². The Bertz CT molecular complexity index is 3030. The lowest BCUT2D eigenvalue weighted by atomic mass is 9.86. The van der Waals surface area contributed by atoms with Crippen molar-refractivity contribution < 1.29 is 9.47 Å². The molecule has 0 atom stereocenters. The summed E-state index contributed by atoms with van der Waals surface area (Å²) in [6.45, 7) is 0. The summed E-state index contributed by atoms with van der Waals surface area (Å²) in [6.07, 6.45) is 0. The second kappa shape index (κ2) is 7.86. The van der Waals surface area contributed by atoms with Crippen molar-refractivity contribution in [2.45, 2.75) is 0 Å². The molecule has 8 heteroatoms. The Morgan fingerprint density at radius 2 is 0.804 bits per heavy atom. The number of rotatable bonds is 2. The highest BCUT2D eigenvalue weighted by Gasteiger charge is 2.24. The van der Waals surface area contributed by atoms with E-state index in [1.807, 2.05) is 60.7 Å². The Balaban J connectivity index is 1.34. The zero-order chi connectivity index (χ0) is 30.6. The van der Waals surface area contributed by atoms with Crippen LogP contribution in [0.2, 0.25) is 0 Å². The molecular weight excluding hydrogens is 576 g/mol. The molecule has 11 rings (SSSR count). The van der Waals surface area contributed by atoms with Crippen LogP contribution in [0.4, 0.5) is 0 Å². The molecule has 0 aliphatic rings. The maximum absolute atomic E-state index is 14.2. The smallest absolute Gasteiger partial charge is 0.264 e. The Morgan fingerprint density at radius 1 is 0.457 bits per heavy atom. The fraction of sp³-hybridized carbons (Fsp3) is 0.0526. The highest BCUT2D eigenvalue weighted by atomic mass is 16.5. The van der Waals surface area contributed by atoms with Gasteiger partial charge in [-0.1, -0.05) is 24.3 Å². The average Bonchev–Trinajstić information content (AvgIpc) is 3.67. The van der Waals surface area contributed by atoms with E-state index >= 15 is 0 Å². The highest BCUT2D eigenvalue weighted by Crippen LogP contribution is 2.45. The molecule has 11 aromatic rings. The van der Waals surface area contributed by atoms with E-state index in [-0.39, 0.29) is 11.1 Å². The van der Waals surface area contributed by atoms with E-state index in [1.165, 1.54) is 0 Å². The quantitative estimate of drug-likeness (QED) is 0.154. The normalized spacial score (nSPS) is 12.7. The zero-order valence-electron chi connectivity index (χ0n) is 24.5. The van der Waals surface area contributed by atoms with Crippen LogP contribution in [-0.2, 0) is 0 Å². The number of benzene rings is 7. The summed E-state index contributed by atoms with van der Waals surface area (Å²) in [5.41, 5.74) is 3.94. The van der Waals surface area contributed by atoms with E-state index in [0.717, 1.165) is 75.9 Å². The van der Waals surface area contributed by atoms with Crippen molar-refractivity contribution in [3.63, 3.8) is 0 Å². The summed E-state index contributed by atoms with van der Waals surface area (Å²) in [4.78, 5) is 38.2. The van der Waals surface area contributed by atoms with E-state index in [1.54, 1.807) is 23.0 Å². The first kappa shape index (κ1) is 24.1. The van der Waals surface area contributed by atoms with Crippen molar-refractivity contribution >= 4 is 98.0 Å². The standard InChI is InChI=1S/C38H20N4O4/c1-45-17-3-13-27-29(15-17)41-35(39-27)23-9-5-19-22-8-12-26-34-24(36-40-28-14-4-18(46-2)16-30(28)42(36)38(26)44)10-6-20(32(22)34)21-7-11-25(37(41)43)33(23)31(19)21/h3-16H,1-2H3. The van der Waals surface area contributed by atoms with Gasteiger partial charge >= 0.3 is 0 Å². The van der Waals surface area contributed by atoms with Gasteiger partial charge in [-0.05, 0) is 80.8 Å². The Labute approximate surface area is 257 Å². The predicted molar refractivity (Wildman–Crippen MR) is 183 cm³/mol. The molecule has 0 aliphatic heterocycles. The Hall–Kier alpha value is -6.28. The van der Waals surface area contributed by atoms with Crippen LogP contribution in [0, 0.1) is 0 Å². The monoisotopic (exact) mass is 596 g/mol. The van der Waals surface area contributed by atoms with Gasteiger partial charge in [0.2, 0.25) is 0 Å². The van der Waals surface area contributed by atoms with Crippen molar-refractivity contribution in [3.05, 3.63) is 106 Å². The molecule has 46 heavy (non-hydrogen) atoms. The maximum atomic E-state index is 14.2. The van der Waals surface area contributed by atoms with Gasteiger partial charge in [0.25, 0.3) is 11.1 Å². The lowest BCUT2D eigenvalue weighted by Gasteiger charge is -2.18. The van der Waals surface area contributed by atoms with E-state index in [4.69, 9.17) is 19.4 Å². The van der Waals surface area contributed by atoms with Gasteiger partial charge in [-0.3, -0.25) is 18.4 Å². The van der Waals surface area contributed by atoms with Crippen LogP contribution in [0.25, 0.3) is 98.0 Å². The van der Waals surface area contributed by atoms with Crippen LogP contribution in [0.5, 0.6) is 11.5 Å². The molecule has 0 fully saturated rings. The minimum atomic E-state index is -0.112. The second-order valence-electron chi connectivity index (χ2n) is 12.0. The Kier molecular flexibility index (Phi) is 4.12. The van der Waals surface area contributed by atoms with Gasteiger partial charge in [-0.15, -0.1) is 0 Å². The van der Waals surface area contributed by atoms with Crippen molar-refractivity contribution in [2.75, 3.05) is 14.2 Å². The molecule has 0 spiro atoms. The predicted octanol–water partition coefficient (Wildman–Crippen LogP) is 7.26. The van der Waals surface area contributed by atoms with E-state index in [9.17, 15) is 9.59 Å². The number of nitrogens with zero attached hydrogens (tertiary/aromatic N) is 4. The number of hydrogen-bond donors (Lipinski definition) is 0. The van der Waals surface area contributed by atoms with E-state index < -0.39 is 0 Å². The molecule has 0 radical (unpaired) electrons. The number of aromatic nitrogens is 4. The molecular formula is C38H20N4O4. The first-order valence-electron chi connectivity index (χ1n) is 15.0. The summed E-state index contributed by atoms with van der Waals surface area (Å²) in [5, 5.41) is 11.1. The third kappa shape index (κ3) is 2.61. The van der Waals surface area contributed by atoms with Gasteiger partial charge in [0.05, 0.1) is 36.3 Å². The molecule has 8 nitrogen and oxygen atoms in total. The third-order valence-corrected chi connectivity index (χ3v) is 9.97. The SMILES string of the molecule is COc1ccc2nc3c4ccc5c6ccc7c(=O)n8c9cc(OC)ccc9nc8c8ccc(c9ccc(c(=O)n3c2c1)c4c95)c6c78. The largest absolute Gasteiger partial charge is 0.497 e. The minimum Gasteiger partial charge on any atom is -0.497 e. The summed E-state index contributed by atoms with van der Waals surface area (Å²) < 4.78 is 14.3. The van der Waals surface area contributed by atoms with Crippen LogP contribution < -0.4 is 20.6 Å². The molecule has 0 aliphatic carbocycles. The summed E-state index contributed by atoms with van der Waals surface area (Å²) in [7, 11) is 3.23. The lowest BCUT2D eigenvalue weighted by molar-refractivity contribution is 0.415. The number of hydrogen-bond acceptors (Lipinski definition) is 6. The van der Waals surface area contributed by atoms with Gasteiger partial charge in [-0.25, -0.2) is 9.97 Å². The van der Waals surface area contributed by atoms with Gasteiger partial charge in [-0.2, -0.15) is 0 Å². The molecule has 0 amide bonds. The first-order valence-corrected chi connectivity index (χ1v) is 15.0. The van der Waals surface area contributed by atoms with Gasteiger partial charge in [0, 0.05) is 44.5 Å². The molecule has 0 bridgehead atoms. The number of fused-ring (bicyclic) bond motifs is 10. The molecule has 0 saturated carbocycles. The first-order chi connectivity index (χ1) is 22.6. The molecule has 4 heterocycles. The number of pyridine rings is 2. The van der Waals surface area contributed by atoms with Gasteiger partial charge in [0.15, 0.2) is 0 Å². The maximum Gasteiger partial charge on any atom is 0.264 e. The average molecular weight is 597 g/mol. The van der Waals surface area contributed by atoms with Crippen LogP contribution in [0.3, 0.4) is 0 Å². The van der Waals surface area contributed by atoms with Crippen LogP contribution in [-0.4, -0.2) is 33.0 Å². The topological polar surface area (TPSA) is 87.2 Å². The fourth-order valence-electron chi connectivity index (χ4n) is 8.00. The van der Waals surface area contributed by atoms with Gasteiger partial charge in [0.1, 0.15) is 22.8 Å². The van der Waals surface area contributed by atoms with Crippen molar-refractivity contribution in [2.24, 2.45) is 0 Å². The number of ether oxygens (including phenoxy) is 2. The Morgan fingerprint density at radius 3 is 1.20 bits per heavy atom. The van der Waals surface area contributed by atoms with Crippen LogP contribution in [0.1, 0.15) is 0 Å². The fourth-order valence-corrected chi connectivity index (χ4v) is 8.00. The lowest BCUT2D eigenvalue weighted by Crippen LogP contribution is -2.14. The summed E-state index contributed by atoms with van der Waals surface area (Å²) in [5.74, 6) is 1.34. The summed E-state index contributed by atoms with van der Waals surface area (Å²) >= 11 is 0. The number of methoxy groups -OCH3 is 2. The van der Waals surface area contributed by atoms with Crippen molar-refractivity contribution in [1.29, 1.82) is 0 Å². The van der Waals surface area contributed by atoms with E-state index in [0.29, 0.717) is 33.6 Å². The molecule has 7 aromatic carbocycles. The molecule has 216 valence electrons. The van der Waals surface area contributed by atoms with E-state index in [2.05, 4.69) is 24.3 Å². The highest BCUT2D eigenvalue weighted by molar-refractivity contribution is 6.40. The van der Waals surface area contributed by atoms with Crippen LogP contribution >= 0.6 is 0 Å². The molecule has 0 N–H and O–H groups in total. The number of imidazole rings is 2. The molecule has 0 unspecified atom stereocenters. The van der Waals surface area contributed by atoms with Crippen molar-refractivity contribution in [3.8, 4) is 11.5 Å². The molecule has 0 saturated heterocycles. The molecule has 4 aromatic heterocycles. The minimum absolute atomic E-state index is 0.112. The third-order valence-electron chi connectivity index (χ3n) is 9.97.